The van der Waals surface area contributed by atoms with Crippen molar-refractivity contribution in [3.05, 3.63) is 46.3 Å². The largest absolute Gasteiger partial charge is 0.404 e. The minimum atomic E-state index is -2.66. The highest BCUT2D eigenvalue weighted by Gasteiger charge is 2.30. The van der Waals surface area contributed by atoms with Crippen LogP contribution >= 0.6 is 0 Å². The number of rotatable bonds is 10. The lowest BCUT2D eigenvalue weighted by molar-refractivity contribution is -0.109. The van der Waals surface area contributed by atoms with Crippen LogP contribution in [0, 0.1) is 0 Å². The second kappa shape index (κ2) is 12.3. The molecule has 4 rings (SSSR count). The van der Waals surface area contributed by atoms with E-state index >= 15 is 0 Å². The molecule has 0 bridgehead atoms. The number of aromatic nitrogens is 2. The quantitative estimate of drug-likeness (QED) is 0.256. The van der Waals surface area contributed by atoms with Crippen LogP contribution < -0.4 is 21.3 Å². The minimum Gasteiger partial charge on any atom is -0.404 e. The van der Waals surface area contributed by atoms with Gasteiger partial charge in [-0.05, 0) is 68.5 Å². The van der Waals surface area contributed by atoms with Crippen molar-refractivity contribution in [3.8, 4) is 0 Å². The third kappa shape index (κ3) is 5.53. The number of hydrogen-bond donors (Lipinski definition) is 3. The lowest BCUT2D eigenvalue weighted by atomic mass is 9.92. The van der Waals surface area contributed by atoms with Gasteiger partial charge in [-0.2, -0.15) is 5.10 Å². The Morgan fingerprint density at radius 2 is 2.14 bits per heavy atom. The fourth-order valence-corrected chi connectivity index (χ4v) is 5.58. The Morgan fingerprint density at radius 3 is 2.78 bits per heavy atom. The van der Waals surface area contributed by atoms with E-state index < -0.39 is 6.43 Å². The number of alkyl halides is 2. The summed E-state index contributed by atoms with van der Waals surface area (Å²) in [6.45, 7) is 5.18. The maximum Gasteiger partial charge on any atom is 0.264 e. The van der Waals surface area contributed by atoms with Crippen LogP contribution in [0.5, 0.6) is 0 Å². The molecule has 2 aliphatic rings. The number of anilines is 2. The number of fused-ring (bicyclic) bond motifs is 1. The van der Waals surface area contributed by atoms with Crippen molar-refractivity contribution in [3.63, 3.8) is 0 Å². The topological polar surface area (TPSA) is 101 Å². The van der Waals surface area contributed by atoms with Crippen LogP contribution in [0.25, 0.3) is 5.57 Å². The Bertz CT molecular complexity index is 1150. The number of benzene rings is 1. The molecule has 1 fully saturated rings. The number of allylic oxidation sites excluding steroid dienone is 1. The summed E-state index contributed by atoms with van der Waals surface area (Å²) in [5, 5.41) is 11.3. The molecular formula is C27H37F2N7O. The molecule has 8 nitrogen and oxygen atoms in total. The van der Waals surface area contributed by atoms with E-state index in [1.54, 1.807) is 13.1 Å². The van der Waals surface area contributed by atoms with Crippen LogP contribution in [0.15, 0.2) is 23.3 Å². The van der Waals surface area contributed by atoms with Crippen molar-refractivity contribution in [2.45, 2.75) is 57.9 Å². The number of carbonyl (C=O) groups is 1. The van der Waals surface area contributed by atoms with E-state index in [1.807, 2.05) is 6.07 Å². The summed E-state index contributed by atoms with van der Waals surface area (Å²) < 4.78 is 30.7. The van der Waals surface area contributed by atoms with E-state index in [0.29, 0.717) is 30.6 Å². The van der Waals surface area contributed by atoms with Gasteiger partial charge in [-0.3, -0.25) is 14.5 Å². The maximum absolute atomic E-state index is 14.3. The number of aliphatic imine (C=N–C) groups is 1. The van der Waals surface area contributed by atoms with E-state index in [9.17, 15) is 13.6 Å². The van der Waals surface area contributed by atoms with Gasteiger partial charge in [-0.1, -0.05) is 6.92 Å². The molecule has 0 saturated carbocycles. The van der Waals surface area contributed by atoms with Gasteiger partial charge < -0.3 is 21.3 Å². The Kier molecular flexibility index (Phi) is 8.91. The van der Waals surface area contributed by atoms with Gasteiger partial charge in [0.2, 0.25) is 6.41 Å². The highest BCUT2D eigenvalue weighted by molar-refractivity contribution is 6.10. The fraction of sp³-hybridized carbons (Fsp3) is 0.519. The molecule has 200 valence electrons. The Hall–Kier alpha value is -3.27. The van der Waals surface area contributed by atoms with E-state index in [4.69, 9.17) is 10.8 Å². The molecule has 1 amide bonds. The van der Waals surface area contributed by atoms with Crippen molar-refractivity contribution in [2.24, 2.45) is 10.7 Å². The second-order valence-corrected chi connectivity index (χ2v) is 9.48. The van der Waals surface area contributed by atoms with Crippen molar-refractivity contribution in [2.75, 3.05) is 38.1 Å². The fourth-order valence-electron chi connectivity index (χ4n) is 5.58. The molecule has 1 aromatic heterocycles. The molecule has 1 aromatic carbocycles. The normalized spacial score (nSPS) is 17.0. The summed E-state index contributed by atoms with van der Waals surface area (Å²) in [5.41, 5.74) is 10.6. The second-order valence-electron chi connectivity index (χ2n) is 9.48. The first-order valence-electron chi connectivity index (χ1n) is 13.1. The number of aryl methyl sites for hydroxylation is 1. The molecule has 0 aliphatic carbocycles. The number of nitrogens with zero attached hydrogens (tertiary/aromatic N) is 4. The number of piperidine rings is 1. The summed E-state index contributed by atoms with van der Waals surface area (Å²) in [7, 11) is 1.60. The predicted octanol–water partition coefficient (Wildman–Crippen LogP) is 3.68. The molecule has 37 heavy (non-hydrogen) atoms. The van der Waals surface area contributed by atoms with Gasteiger partial charge in [0.1, 0.15) is 0 Å². The highest BCUT2D eigenvalue weighted by atomic mass is 19.3. The average Bonchev–Trinajstić information content (AvgIpc) is 3.29. The third-order valence-electron chi connectivity index (χ3n) is 7.31. The zero-order chi connectivity index (χ0) is 26.4. The van der Waals surface area contributed by atoms with Crippen LogP contribution in [-0.4, -0.2) is 55.6 Å². The maximum atomic E-state index is 14.3. The first-order valence-corrected chi connectivity index (χ1v) is 13.1. The number of halogens is 2. The summed E-state index contributed by atoms with van der Waals surface area (Å²) >= 11 is 0. The van der Waals surface area contributed by atoms with Gasteiger partial charge in [0.15, 0.2) is 5.82 Å². The number of carbonyl (C=O) groups excluding carboxylic acids is 1. The summed E-state index contributed by atoms with van der Waals surface area (Å²) in [6, 6.07) is 3.71. The molecule has 1 saturated heterocycles. The first-order chi connectivity index (χ1) is 18.0. The summed E-state index contributed by atoms with van der Waals surface area (Å²) in [5.74, 6) is 0.834. The Labute approximate surface area is 217 Å². The zero-order valence-electron chi connectivity index (χ0n) is 21.6. The van der Waals surface area contributed by atoms with Crippen LogP contribution in [0.4, 0.5) is 20.3 Å². The average molecular weight is 514 g/mol. The van der Waals surface area contributed by atoms with E-state index in [2.05, 4.69) is 32.1 Å². The Morgan fingerprint density at radius 1 is 1.35 bits per heavy atom. The van der Waals surface area contributed by atoms with Crippen molar-refractivity contribution in [1.29, 1.82) is 0 Å². The zero-order valence-corrected chi connectivity index (χ0v) is 21.6. The molecule has 2 aromatic rings. The van der Waals surface area contributed by atoms with Crippen LogP contribution in [0.1, 0.15) is 66.6 Å². The van der Waals surface area contributed by atoms with Gasteiger partial charge in [0.05, 0.1) is 6.04 Å². The molecule has 4 N–H and O–H groups in total. The minimum absolute atomic E-state index is 0.0616. The van der Waals surface area contributed by atoms with Gasteiger partial charge in [-0.25, -0.2) is 8.78 Å². The van der Waals surface area contributed by atoms with E-state index in [1.165, 1.54) is 12.4 Å². The SMILES string of the molecule is CCc1c(N2CCCc3cc(/C(C=NC)=C/N)c(C(F)F)cc32)nn(C2CCNCC2)c1CCNC=O. The monoisotopic (exact) mass is 513 g/mol. The molecule has 0 radical (unpaired) electrons. The lowest BCUT2D eigenvalue weighted by Crippen LogP contribution is -2.31. The predicted molar refractivity (Wildman–Crippen MR) is 144 cm³/mol. The molecule has 2 aliphatic heterocycles. The molecular weight excluding hydrogens is 476 g/mol. The molecule has 0 unspecified atom stereocenters. The third-order valence-corrected chi connectivity index (χ3v) is 7.31. The molecule has 0 atom stereocenters. The summed E-state index contributed by atoms with van der Waals surface area (Å²) in [6.07, 6.45) is 5.95. The highest BCUT2D eigenvalue weighted by Crippen LogP contribution is 2.41. The standard InChI is InChI=1S/C27H37F2N7O/c1-3-21-24(8-11-33-17-37)36(20-6-9-32-10-7-20)34-27(21)35-12-4-5-18-13-22(19(15-30)16-31-2)23(26(28)29)14-25(18)35/h13-17,20,26,32H,3-12,30H2,1-2H3,(H,33,37)/b19-15+,31-16?. The molecule has 10 heteroatoms. The first kappa shape index (κ1) is 26.8. The van der Waals surface area contributed by atoms with Crippen LogP contribution in [-0.2, 0) is 24.1 Å². The van der Waals surface area contributed by atoms with Gasteiger partial charge in [0, 0.05) is 67.1 Å². The van der Waals surface area contributed by atoms with Gasteiger partial charge in [-0.15, -0.1) is 0 Å². The number of hydrogen-bond acceptors (Lipinski definition) is 6. The molecule has 0 spiro atoms. The summed E-state index contributed by atoms with van der Waals surface area (Å²) in [4.78, 5) is 17.0. The van der Waals surface area contributed by atoms with Crippen molar-refractivity contribution < 1.29 is 13.6 Å². The van der Waals surface area contributed by atoms with Crippen LogP contribution in [0.2, 0.25) is 0 Å². The Balaban J connectivity index is 1.83. The van der Waals surface area contributed by atoms with Crippen molar-refractivity contribution in [1.82, 2.24) is 20.4 Å². The van der Waals surface area contributed by atoms with Gasteiger partial charge in [0.25, 0.3) is 6.43 Å². The van der Waals surface area contributed by atoms with E-state index in [-0.39, 0.29) is 11.6 Å². The lowest BCUT2D eigenvalue weighted by Gasteiger charge is -2.32. The van der Waals surface area contributed by atoms with Crippen molar-refractivity contribution >= 4 is 29.7 Å². The number of nitrogens with one attached hydrogen (secondary N) is 2. The van der Waals surface area contributed by atoms with Gasteiger partial charge >= 0.3 is 0 Å². The van der Waals surface area contributed by atoms with E-state index in [0.717, 1.165) is 79.9 Å². The number of amides is 1. The number of nitrogens with two attached hydrogens (primary N) is 1. The molecule has 3 heterocycles. The smallest absolute Gasteiger partial charge is 0.264 e. The van der Waals surface area contributed by atoms with Crippen LogP contribution in [0.3, 0.4) is 0 Å².